The van der Waals surface area contributed by atoms with Crippen molar-refractivity contribution in [1.29, 1.82) is 0 Å². The number of anilines is 2. The largest absolute Gasteiger partial charge is 0.490 e. The molecular formula is C67H77BCl5F2N17O14. The number of hydrogen-bond acceptors (Lipinski definition) is 24. The molecule has 2 aliphatic carbocycles. The predicted molar refractivity (Wildman–Crippen MR) is 396 cm³/mol. The lowest BCUT2D eigenvalue weighted by atomic mass is 9.82. The Kier molecular flexibility index (Phi) is 35.5. The summed E-state index contributed by atoms with van der Waals surface area (Å²) in [4.78, 5) is 61.2. The van der Waals surface area contributed by atoms with Gasteiger partial charge < -0.3 is 75.0 Å². The van der Waals surface area contributed by atoms with Gasteiger partial charge in [-0.2, -0.15) is 10.2 Å². The van der Waals surface area contributed by atoms with Gasteiger partial charge in [0.25, 0.3) is 0 Å². The number of H-pyrrole nitrogens is 1. The zero-order valence-corrected chi connectivity index (χ0v) is 62.3. The zero-order chi connectivity index (χ0) is 78.1. The summed E-state index contributed by atoms with van der Waals surface area (Å²) >= 11 is 29.0. The Balaban J connectivity index is 0.000000227. The molecule has 9 heterocycles. The number of amides is 1. The van der Waals surface area contributed by atoms with E-state index in [1.165, 1.54) is 125 Å². The third kappa shape index (κ3) is 25.4. The molecule has 0 spiro atoms. The molecule has 106 heavy (non-hydrogen) atoms. The van der Waals surface area contributed by atoms with E-state index in [4.69, 9.17) is 103 Å². The lowest BCUT2D eigenvalue weighted by molar-refractivity contribution is -0.389. The standard InChI is InChI=1S/C19H16ClFN4O2.C10H8ClFO.C9H7ClN4O3.C9H9ClN4O.C6H7BClNO3.C6H15N.C4H8O.C3H3N3O2.CH4O/c1-27-17-14(20)10-12(11-22-17)25-9-6-16(24-25)23-18(26)19(7-8-19)13-4-2-3-5-15(13)21;11-9(13)10(5-6-10)7-3-1-2-4-8(7)12;1-17-9-7(10)4-6(5-11-9)13-3-2-8(12-13)14(15)16;1-15-9-7(10)4-6(5-12-9)14-3-2-8(11)13-14;1-12-6-5(8)2-4(3-9-6)7(10)11;1-4-7(5-2)6-3;1-2-4-5-3-1;7-6(8)3-1-2-4-5-3;1-2/h2-6,9-11H,7-8H2,1H3,(H,23,24,26);1-4H,5-6H2;2-5H,1H3;2-5H,1H3,(H2,11,13);2-3,10-11H,1H3;4-6H2,1-3H3;1-4H2;1-2H,(H,4,5);2H,1H3. The maximum Gasteiger partial charge on any atom is 0.490 e. The van der Waals surface area contributed by atoms with Crippen LogP contribution in [0.2, 0.25) is 20.1 Å². The molecule has 566 valence electrons. The van der Waals surface area contributed by atoms with E-state index in [2.05, 4.69) is 76.4 Å². The number of carbonyl (C=O) groups is 2. The summed E-state index contributed by atoms with van der Waals surface area (Å²) in [6.07, 6.45) is 17.2. The van der Waals surface area contributed by atoms with Crippen molar-refractivity contribution < 1.29 is 67.1 Å². The lowest BCUT2D eigenvalue weighted by Gasteiger charge is -2.15. The van der Waals surface area contributed by atoms with Crippen LogP contribution in [0.25, 0.3) is 17.1 Å². The van der Waals surface area contributed by atoms with Gasteiger partial charge in [-0.05, 0) is 116 Å². The Hall–Kier alpha value is -10.0. The number of aromatic amines is 1. The van der Waals surface area contributed by atoms with Crippen LogP contribution in [0, 0.1) is 31.9 Å². The fourth-order valence-electron chi connectivity index (χ4n) is 9.28. The first-order chi connectivity index (χ1) is 50.8. The number of nitrogens with one attached hydrogen (secondary N) is 2. The summed E-state index contributed by atoms with van der Waals surface area (Å²) in [5.74, 6) is 0.797. The molecule has 1 amide bonds. The maximum atomic E-state index is 14.1. The normalized spacial score (nSPS) is 12.7. The Morgan fingerprint density at radius 3 is 1.38 bits per heavy atom. The van der Waals surface area contributed by atoms with Gasteiger partial charge in [-0.25, -0.2) is 38.1 Å². The van der Waals surface area contributed by atoms with Crippen molar-refractivity contribution in [2.45, 2.75) is 70.1 Å². The van der Waals surface area contributed by atoms with Crippen molar-refractivity contribution in [3.8, 4) is 40.6 Å². The van der Waals surface area contributed by atoms with Gasteiger partial charge >= 0.3 is 18.8 Å². The van der Waals surface area contributed by atoms with Crippen LogP contribution in [0.15, 0.2) is 147 Å². The summed E-state index contributed by atoms with van der Waals surface area (Å²) in [6.45, 7) is 12.1. The number of ether oxygens (including phenoxy) is 5. The van der Waals surface area contributed by atoms with E-state index >= 15 is 0 Å². The van der Waals surface area contributed by atoms with E-state index < -0.39 is 33.0 Å². The summed E-state index contributed by atoms with van der Waals surface area (Å²) in [7, 11) is 5.33. The van der Waals surface area contributed by atoms with Crippen LogP contribution in [0.5, 0.6) is 23.5 Å². The van der Waals surface area contributed by atoms with Gasteiger partial charge in [-0.15, -0.1) is 9.78 Å². The molecule has 3 aliphatic rings. The molecule has 7 N–H and O–H groups in total. The van der Waals surface area contributed by atoms with Crippen molar-refractivity contribution in [1.82, 2.24) is 64.4 Å². The van der Waals surface area contributed by atoms with Crippen molar-refractivity contribution in [3.63, 3.8) is 0 Å². The molecule has 10 aromatic rings. The Morgan fingerprint density at radius 2 is 1.06 bits per heavy atom. The number of nitro groups is 2. The smallest absolute Gasteiger partial charge is 0.480 e. The first-order valence-electron chi connectivity index (χ1n) is 31.9. The fourth-order valence-corrected chi connectivity index (χ4v) is 10.5. The Morgan fingerprint density at radius 1 is 0.632 bits per heavy atom. The van der Waals surface area contributed by atoms with Gasteiger partial charge in [0.05, 0.1) is 98.9 Å². The number of aliphatic hydroxyl groups is 1. The quantitative estimate of drug-likeness (QED) is 0.0201. The molecule has 3 fully saturated rings. The average Bonchev–Trinajstić information content (AvgIpc) is 1.60. The number of aliphatic hydroxyl groups excluding tert-OH is 1. The van der Waals surface area contributed by atoms with Gasteiger partial charge in [-0.1, -0.05) is 109 Å². The summed E-state index contributed by atoms with van der Waals surface area (Å²) in [6, 6.07) is 24.9. The molecule has 39 heteroatoms. The van der Waals surface area contributed by atoms with E-state index in [0.29, 0.717) is 86.6 Å². The minimum atomic E-state index is -1.55. The monoisotopic (exact) mass is 1570 g/mol. The Labute approximate surface area is 632 Å². The Bertz CT molecular complexity index is 4400. The van der Waals surface area contributed by atoms with Crippen LogP contribution in [-0.4, -0.2) is 176 Å². The highest BCUT2D eigenvalue weighted by molar-refractivity contribution is 6.66. The second-order valence-corrected chi connectivity index (χ2v) is 23.9. The number of nitrogens with zero attached hydrogens (tertiary/aromatic N) is 14. The third-order valence-corrected chi connectivity index (χ3v) is 16.7. The summed E-state index contributed by atoms with van der Waals surface area (Å²) in [5.41, 5.74) is 6.94. The SMILES string of the molecule is C1CCOC1.CCN(CC)CC.CO.COc1ncc(-n2ccc(N)n2)cc1Cl.COc1ncc(-n2ccc(NC(=O)C3(c4ccccc4F)CC3)n2)cc1Cl.COc1ncc(-n2ccc([N+](=O)[O-])n2)cc1Cl.COc1ncc(B(O)O)cc1Cl.O=C(Cl)C1(c2ccccc2F)CC1.O=[N+]([O-])c1ccn[nH]1. The molecule has 2 aromatic carbocycles. The highest BCUT2D eigenvalue weighted by Gasteiger charge is 2.53. The first kappa shape index (κ1) is 86.6. The maximum absolute atomic E-state index is 14.1. The van der Waals surface area contributed by atoms with Gasteiger partial charge in [-0.3, -0.25) is 9.59 Å². The van der Waals surface area contributed by atoms with Crippen LogP contribution in [0.3, 0.4) is 0 Å². The van der Waals surface area contributed by atoms with Crippen molar-refractivity contribution >= 4 is 105 Å². The van der Waals surface area contributed by atoms with Crippen LogP contribution in [0.4, 0.5) is 32.1 Å². The molecule has 31 nitrogen and oxygen atoms in total. The lowest BCUT2D eigenvalue weighted by Crippen LogP contribution is -2.30. The van der Waals surface area contributed by atoms with Gasteiger partial charge in [0.2, 0.25) is 34.7 Å². The van der Waals surface area contributed by atoms with Crippen molar-refractivity contribution in [2.24, 2.45) is 0 Å². The molecule has 1 aliphatic heterocycles. The molecule has 1 saturated heterocycles. The molecule has 0 bridgehead atoms. The first-order valence-corrected chi connectivity index (χ1v) is 33.8. The van der Waals surface area contributed by atoms with E-state index in [1.54, 1.807) is 96.2 Å². The van der Waals surface area contributed by atoms with Crippen molar-refractivity contribution in [2.75, 3.05) is 79.4 Å². The number of carbonyl (C=O) groups excluding carboxylic acids is 2. The predicted octanol–water partition coefficient (Wildman–Crippen LogP) is 11.2. The second kappa shape index (κ2) is 43.4. The zero-order valence-electron chi connectivity index (χ0n) is 58.5. The van der Waals surface area contributed by atoms with Gasteiger partial charge in [0.15, 0.2) is 5.82 Å². The number of rotatable bonds is 18. The molecule has 0 unspecified atom stereocenters. The van der Waals surface area contributed by atoms with E-state index in [0.717, 1.165) is 26.0 Å². The topological polar surface area (TPSA) is 402 Å². The van der Waals surface area contributed by atoms with Crippen molar-refractivity contribution in [3.05, 3.63) is 210 Å². The second-order valence-electron chi connectivity index (χ2n) is 21.9. The molecule has 8 aromatic heterocycles. The number of halogens is 7. The number of aromatic nitrogens is 12. The van der Waals surface area contributed by atoms with Crippen LogP contribution in [-0.2, 0) is 25.2 Å². The highest BCUT2D eigenvalue weighted by atomic mass is 35.5. The third-order valence-electron chi connectivity index (χ3n) is 15.2. The highest BCUT2D eigenvalue weighted by Crippen LogP contribution is 2.51. The van der Waals surface area contributed by atoms with Gasteiger partial charge in [0.1, 0.15) is 43.2 Å². The molecule has 0 radical (unpaired) electrons. The van der Waals surface area contributed by atoms with Crippen LogP contribution >= 0.6 is 58.0 Å². The van der Waals surface area contributed by atoms with Gasteiger partial charge in [0, 0.05) is 67.6 Å². The number of nitrogen functional groups attached to an aromatic ring is 1. The summed E-state index contributed by atoms with van der Waals surface area (Å²) in [5, 5.41) is 66.1. The average molecular weight is 1570 g/mol. The molecule has 13 rings (SSSR count). The van der Waals surface area contributed by atoms with E-state index in [1.807, 2.05) is 0 Å². The minimum absolute atomic E-state index is 0.0787. The fraction of sp³-hybridized carbons (Fsp3) is 0.313. The molecule has 2 saturated carbocycles. The van der Waals surface area contributed by atoms with E-state index in [9.17, 15) is 38.6 Å². The minimum Gasteiger partial charge on any atom is -0.480 e. The number of benzene rings is 2. The number of methoxy groups -OCH3 is 4. The molecular weight excluding hydrogens is 1490 g/mol. The number of nitrogens with two attached hydrogens (primary N) is 1. The molecule has 0 atom stereocenters. The van der Waals surface area contributed by atoms with Crippen LogP contribution < -0.4 is 35.5 Å². The van der Waals surface area contributed by atoms with Crippen LogP contribution in [0.1, 0.15) is 70.4 Å². The number of pyridine rings is 4. The van der Waals surface area contributed by atoms with E-state index in [-0.39, 0.29) is 51.4 Å². The number of hydrogen-bond donors (Lipinski definition) is 6. The summed E-state index contributed by atoms with van der Waals surface area (Å²) < 4.78 is 56.4.